The number of aromatic carboxylic acids is 1. The Hall–Kier alpha value is -2.13. The van der Waals surface area contributed by atoms with E-state index >= 15 is 0 Å². The van der Waals surface area contributed by atoms with Crippen molar-refractivity contribution in [2.75, 3.05) is 6.61 Å². The molecular weight excluding hydrogens is 300 g/mol. The lowest BCUT2D eigenvalue weighted by molar-refractivity contribution is -0.123. The van der Waals surface area contributed by atoms with Gasteiger partial charge >= 0.3 is 5.97 Å². The van der Waals surface area contributed by atoms with Crippen molar-refractivity contribution in [1.29, 1.82) is 0 Å². The first kappa shape index (κ1) is 16.9. The molecule has 1 rings (SSSR count). The van der Waals surface area contributed by atoms with Gasteiger partial charge in [0.05, 0.1) is 4.90 Å². The number of amides is 1. The summed E-state index contributed by atoms with van der Waals surface area (Å²) in [4.78, 5) is 22.2. The first-order valence-corrected chi connectivity index (χ1v) is 7.48. The van der Waals surface area contributed by atoms with Gasteiger partial charge in [0.25, 0.3) is 5.91 Å². The molecule has 0 spiro atoms. The SMILES string of the molecule is CC(C)NC(=O)COc1ccc(S(N)(=O)=O)cc1C(=O)O. The minimum absolute atomic E-state index is 0.0789. The molecule has 21 heavy (non-hydrogen) atoms. The van der Waals surface area contributed by atoms with Crippen LogP contribution in [0.2, 0.25) is 0 Å². The van der Waals surface area contributed by atoms with Crippen LogP contribution in [0.4, 0.5) is 0 Å². The quantitative estimate of drug-likeness (QED) is 0.672. The van der Waals surface area contributed by atoms with Gasteiger partial charge in [0.2, 0.25) is 10.0 Å². The van der Waals surface area contributed by atoms with Gasteiger partial charge < -0.3 is 15.2 Å². The topological polar surface area (TPSA) is 136 Å². The first-order chi connectivity index (χ1) is 9.61. The molecule has 9 heteroatoms. The van der Waals surface area contributed by atoms with E-state index in [0.29, 0.717) is 0 Å². The highest BCUT2D eigenvalue weighted by atomic mass is 32.2. The van der Waals surface area contributed by atoms with Crippen molar-refractivity contribution in [2.24, 2.45) is 5.14 Å². The van der Waals surface area contributed by atoms with Gasteiger partial charge in [-0.05, 0) is 32.0 Å². The smallest absolute Gasteiger partial charge is 0.339 e. The Kier molecular flexibility index (Phi) is 5.28. The van der Waals surface area contributed by atoms with Crippen molar-refractivity contribution < 1.29 is 27.9 Å². The molecule has 0 heterocycles. The highest BCUT2D eigenvalue weighted by molar-refractivity contribution is 7.89. The highest BCUT2D eigenvalue weighted by Gasteiger charge is 2.17. The van der Waals surface area contributed by atoms with Crippen molar-refractivity contribution in [1.82, 2.24) is 5.32 Å². The average Bonchev–Trinajstić information content (AvgIpc) is 2.34. The molecular formula is C12H16N2O6S. The standard InChI is InChI=1S/C12H16N2O6S/c1-7(2)14-11(15)6-20-10-4-3-8(21(13,18)19)5-9(10)12(16)17/h3-5,7H,6H2,1-2H3,(H,14,15)(H,16,17)(H2,13,18,19). The van der Waals surface area contributed by atoms with Crippen molar-refractivity contribution in [3.8, 4) is 5.75 Å². The van der Waals surface area contributed by atoms with Crippen LogP contribution < -0.4 is 15.2 Å². The molecule has 1 aromatic rings. The van der Waals surface area contributed by atoms with Gasteiger partial charge in [-0.2, -0.15) is 0 Å². The number of hydrogen-bond donors (Lipinski definition) is 3. The summed E-state index contributed by atoms with van der Waals surface area (Å²) in [6.45, 7) is 3.15. The number of primary sulfonamides is 1. The van der Waals surface area contributed by atoms with E-state index in [1.165, 1.54) is 0 Å². The third-order valence-corrected chi connectivity index (χ3v) is 3.23. The molecule has 0 radical (unpaired) electrons. The Morgan fingerprint density at radius 2 is 2.00 bits per heavy atom. The molecule has 0 saturated heterocycles. The number of nitrogens with two attached hydrogens (primary N) is 1. The summed E-state index contributed by atoms with van der Waals surface area (Å²) in [5.74, 6) is -1.93. The number of sulfonamides is 1. The summed E-state index contributed by atoms with van der Waals surface area (Å²) in [7, 11) is -4.02. The number of nitrogens with one attached hydrogen (secondary N) is 1. The van der Waals surface area contributed by atoms with E-state index in [-0.39, 0.29) is 28.9 Å². The second kappa shape index (κ2) is 6.55. The van der Waals surface area contributed by atoms with Crippen LogP contribution in [-0.2, 0) is 14.8 Å². The summed E-state index contributed by atoms with van der Waals surface area (Å²) >= 11 is 0. The molecule has 1 aromatic carbocycles. The molecule has 0 aliphatic carbocycles. The Labute approximate surface area is 122 Å². The number of benzene rings is 1. The molecule has 1 amide bonds. The molecule has 0 bridgehead atoms. The lowest BCUT2D eigenvalue weighted by Gasteiger charge is -2.12. The van der Waals surface area contributed by atoms with Crippen LogP contribution in [0.1, 0.15) is 24.2 Å². The van der Waals surface area contributed by atoms with Gasteiger partial charge in [0.15, 0.2) is 6.61 Å². The van der Waals surface area contributed by atoms with Gasteiger partial charge in [0.1, 0.15) is 11.3 Å². The number of carbonyl (C=O) groups excluding carboxylic acids is 1. The van der Waals surface area contributed by atoms with Crippen LogP contribution in [0.25, 0.3) is 0 Å². The predicted octanol–water partition coefficient (Wildman–Crippen LogP) is -0.0644. The zero-order chi connectivity index (χ0) is 16.2. The van der Waals surface area contributed by atoms with E-state index in [2.05, 4.69) is 5.32 Å². The molecule has 0 aromatic heterocycles. The van der Waals surface area contributed by atoms with Crippen molar-refractivity contribution in [3.63, 3.8) is 0 Å². The average molecular weight is 316 g/mol. The molecule has 0 unspecified atom stereocenters. The Bertz CT molecular complexity index is 654. The fourth-order valence-electron chi connectivity index (χ4n) is 1.49. The van der Waals surface area contributed by atoms with E-state index < -0.39 is 21.9 Å². The van der Waals surface area contributed by atoms with Gasteiger partial charge in [-0.15, -0.1) is 0 Å². The summed E-state index contributed by atoms with van der Waals surface area (Å²) in [6.07, 6.45) is 0. The number of rotatable bonds is 6. The fraction of sp³-hybridized carbons (Fsp3) is 0.333. The fourth-order valence-corrected chi connectivity index (χ4v) is 2.03. The van der Waals surface area contributed by atoms with Crippen LogP contribution in [0.15, 0.2) is 23.1 Å². The van der Waals surface area contributed by atoms with Crippen molar-refractivity contribution in [2.45, 2.75) is 24.8 Å². The minimum atomic E-state index is -4.02. The maximum atomic E-state index is 11.4. The van der Waals surface area contributed by atoms with Gasteiger partial charge in [-0.1, -0.05) is 0 Å². The van der Waals surface area contributed by atoms with Crippen molar-refractivity contribution in [3.05, 3.63) is 23.8 Å². The molecule has 116 valence electrons. The Morgan fingerprint density at radius 1 is 1.38 bits per heavy atom. The summed E-state index contributed by atoms with van der Waals surface area (Å²) in [5, 5.41) is 16.5. The second-order valence-electron chi connectivity index (χ2n) is 4.52. The maximum Gasteiger partial charge on any atom is 0.339 e. The molecule has 8 nitrogen and oxygen atoms in total. The monoisotopic (exact) mass is 316 g/mol. The maximum absolute atomic E-state index is 11.4. The first-order valence-electron chi connectivity index (χ1n) is 5.93. The summed E-state index contributed by atoms with van der Waals surface area (Å²) in [5.41, 5.74) is -0.390. The van der Waals surface area contributed by atoms with Gasteiger partial charge in [0, 0.05) is 6.04 Å². The zero-order valence-corrected chi connectivity index (χ0v) is 12.3. The largest absolute Gasteiger partial charge is 0.483 e. The highest BCUT2D eigenvalue weighted by Crippen LogP contribution is 2.22. The van der Waals surface area contributed by atoms with E-state index in [9.17, 15) is 18.0 Å². The van der Waals surface area contributed by atoms with Crippen LogP contribution in [0.3, 0.4) is 0 Å². The number of carbonyl (C=O) groups is 2. The van der Waals surface area contributed by atoms with Crippen LogP contribution in [0.5, 0.6) is 5.75 Å². The molecule has 0 saturated carbocycles. The number of hydrogen-bond acceptors (Lipinski definition) is 5. The van der Waals surface area contributed by atoms with Gasteiger partial charge in [-0.25, -0.2) is 18.4 Å². The van der Waals surface area contributed by atoms with E-state index in [1.807, 2.05) is 0 Å². The molecule has 0 atom stereocenters. The summed E-state index contributed by atoms with van der Waals surface area (Å²) in [6, 6.07) is 3.06. The van der Waals surface area contributed by atoms with E-state index in [4.69, 9.17) is 15.0 Å². The van der Waals surface area contributed by atoms with Crippen molar-refractivity contribution >= 4 is 21.9 Å². The molecule has 0 aliphatic rings. The Morgan fingerprint density at radius 3 is 2.48 bits per heavy atom. The number of carboxylic acid groups (broad SMARTS) is 1. The second-order valence-corrected chi connectivity index (χ2v) is 6.08. The molecule has 4 N–H and O–H groups in total. The number of carboxylic acids is 1. The van der Waals surface area contributed by atoms with Crippen LogP contribution >= 0.6 is 0 Å². The van der Waals surface area contributed by atoms with Crippen LogP contribution in [0, 0.1) is 0 Å². The van der Waals surface area contributed by atoms with E-state index in [0.717, 1.165) is 18.2 Å². The van der Waals surface area contributed by atoms with Crippen LogP contribution in [-0.4, -0.2) is 38.0 Å². The zero-order valence-electron chi connectivity index (χ0n) is 11.5. The molecule has 0 fully saturated rings. The number of ether oxygens (including phenoxy) is 1. The third-order valence-electron chi connectivity index (χ3n) is 2.32. The minimum Gasteiger partial charge on any atom is -0.483 e. The Balaban J connectivity index is 2.98. The normalized spacial score (nSPS) is 11.2. The third kappa shape index (κ3) is 5.04. The lowest BCUT2D eigenvalue weighted by atomic mass is 10.2. The summed E-state index contributed by atoms with van der Waals surface area (Å²) < 4.78 is 27.5. The van der Waals surface area contributed by atoms with Gasteiger partial charge in [-0.3, -0.25) is 4.79 Å². The molecule has 0 aliphatic heterocycles. The lowest BCUT2D eigenvalue weighted by Crippen LogP contribution is -2.34. The van der Waals surface area contributed by atoms with E-state index in [1.54, 1.807) is 13.8 Å². The predicted molar refractivity (Wildman–Crippen MR) is 73.5 cm³/mol.